The van der Waals surface area contributed by atoms with Crippen molar-refractivity contribution in [1.29, 1.82) is 0 Å². The van der Waals surface area contributed by atoms with Gasteiger partial charge in [-0.1, -0.05) is 11.6 Å². The molecule has 0 radical (unpaired) electrons. The summed E-state index contributed by atoms with van der Waals surface area (Å²) in [7, 11) is 1.51. The normalized spacial score (nSPS) is 10.6. The van der Waals surface area contributed by atoms with E-state index in [4.69, 9.17) is 16.3 Å². The highest BCUT2D eigenvalue weighted by molar-refractivity contribution is 6.31. The Balaban J connectivity index is 2.13. The van der Waals surface area contributed by atoms with Crippen molar-refractivity contribution in [2.45, 2.75) is 0 Å². The van der Waals surface area contributed by atoms with Gasteiger partial charge in [0, 0.05) is 22.2 Å². The Morgan fingerprint density at radius 3 is 2.62 bits per heavy atom. The SMILES string of the molecule is COc1ccc(C(=O)N/N=C\c2cc(Cl)cc([N+](=O)[O-])c2O)cc1. The first-order valence-corrected chi connectivity index (χ1v) is 6.94. The fourth-order valence-corrected chi connectivity index (χ4v) is 2.03. The minimum atomic E-state index is -0.769. The summed E-state index contributed by atoms with van der Waals surface area (Å²) in [5.74, 6) is -0.483. The molecule has 2 N–H and O–H groups in total. The molecule has 124 valence electrons. The first-order chi connectivity index (χ1) is 11.4. The van der Waals surface area contributed by atoms with Gasteiger partial charge in [0.1, 0.15) is 5.75 Å². The Morgan fingerprint density at radius 2 is 2.04 bits per heavy atom. The van der Waals surface area contributed by atoms with Gasteiger partial charge in [0.05, 0.1) is 18.2 Å². The zero-order chi connectivity index (χ0) is 17.7. The Morgan fingerprint density at radius 1 is 1.38 bits per heavy atom. The summed E-state index contributed by atoms with van der Waals surface area (Å²) in [4.78, 5) is 21.9. The largest absolute Gasteiger partial charge is 0.502 e. The predicted octanol–water partition coefficient (Wildman–Crippen LogP) is 2.73. The number of hydrazone groups is 1. The highest BCUT2D eigenvalue weighted by atomic mass is 35.5. The maximum absolute atomic E-state index is 11.9. The average molecular weight is 350 g/mol. The average Bonchev–Trinajstić information content (AvgIpc) is 2.57. The lowest BCUT2D eigenvalue weighted by atomic mass is 10.2. The molecule has 0 spiro atoms. The van der Waals surface area contributed by atoms with Crippen LogP contribution >= 0.6 is 11.6 Å². The first kappa shape index (κ1) is 17.2. The summed E-state index contributed by atoms with van der Waals surface area (Å²) in [6.45, 7) is 0. The molecule has 1 amide bonds. The number of ether oxygens (including phenoxy) is 1. The first-order valence-electron chi connectivity index (χ1n) is 6.56. The standard InChI is InChI=1S/C15H12ClN3O5/c1-24-12-4-2-9(3-5-12)15(21)18-17-8-10-6-11(16)7-13(14(10)20)19(22)23/h2-8,20H,1H3,(H,18,21)/b17-8-. The lowest BCUT2D eigenvalue weighted by Crippen LogP contribution is -2.17. The van der Waals surface area contributed by atoms with E-state index in [1.54, 1.807) is 24.3 Å². The van der Waals surface area contributed by atoms with Gasteiger partial charge in [-0.3, -0.25) is 14.9 Å². The second-order valence-corrected chi connectivity index (χ2v) is 4.98. The lowest BCUT2D eigenvalue weighted by molar-refractivity contribution is -0.385. The molecule has 9 heteroatoms. The molecular weight excluding hydrogens is 338 g/mol. The summed E-state index contributed by atoms with van der Waals surface area (Å²) in [6, 6.07) is 8.63. The molecule has 0 aliphatic carbocycles. The fourth-order valence-electron chi connectivity index (χ4n) is 1.81. The van der Waals surface area contributed by atoms with Crippen LogP contribution in [0.5, 0.6) is 11.5 Å². The maximum Gasteiger partial charge on any atom is 0.312 e. The Labute approximate surface area is 141 Å². The topological polar surface area (TPSA) is 114 Å². The summed E-state index contributed by atoms with van der Waals surface area (Å²) in [5.41, 5.74) is 2.04. The van der Waals surface area contributed by atoms with Gasteiger partial charge in [-0.15, -0.1) is 0 Å². The third-order valence-electron chi connectivity index (χ3n) is 3.00. The number of amides is 1. The van der Waals surface area contributed by atoms with Crippen LogP contribution in [0.3, 0.4) is 0 Å². The number of nitrogens with one attached hydrogen (secondary N) is 1. The van der Waals surface area contributed by atoms with E-state index in [2.05, 4.69) is 10.5 Å². The van der Waals surface area contributed by atoms with Crippen LogP contribution in [0.25, 0.3) is 0 Å². The lowest BCUT2D eigenvalue weighted by Gasteiger charge is -2.03. The molecule has 0 unspecified atom stereocenters. The molecule has 0 bridgehead atoms. The van der Waals surface area contributed by atoms with E-state index in [1.165, 1.54) is 13.2 Å². The van der Waals surface area contributed by atoms with Crippen LogP contribution in [0.4, 0.5) is 5.69 Å². The van der Waals surface area contributed by atoms with Crippen molar-refractivity contribution >= 4 is 29.4 Å². The zero-order valence-corrected chi connectivity index (χ0v) is 13.1. The van der Waals surface area contributed by atoms with Crippen LogP contribution in [0, 0.1) is 10.1 Å². The molecule has 0 atom stereocenters. The maximum atomic E-state index is 11.9. The third kappa shape index (κ3) is 3.99. The second-order valence-electron chi connectivity index (χ2n) is 4.55. The number of nitro benzene ring substituents is 1. The molecule has 0 heterocycles. The fraction of sp³-hybridized carbons (Fsp3) is 0.0667. The van der Waals surface area contributed by atoms with Crippen molar-refractivity contribution in [1.82, 2.24) is 5.43 Å². The van der Waals surface area contributed by atoms with Crippen LogP contribution in [-0.2, 0) is 0 Å². The second kappa shape index (κ2) is 7.42. The Bertz CT molecular complexity index is 806. The minimum Gasteiger partial charge on any atom is -0.502 e. The zero-order valence-electron chi connectivity index (χ0n) is 12.4. The molecule has 2 aromatic rings. The molecule has 0 saturated carbocycles. The van der Waals surface area contributed by atoms with E-state index >= 15 is 0 Å². The van der Waals surface area contributed by atoms with E-state index < -0.39 is 22.3 Å². The van der Waals surface area contributed by atoms with E-state index in [0.29, 0.717) is 11.3 Å². The molecular formula is C15H12ClN3O5. The molecule has 0 aliphatic heterocycles. The van der Waals surface area contributed by atoms with Crippen molar-refractivity contribution in [3.8, 4) is 11.5 Å². The smallest absolute Gasteiger partial charge is 0.312 e. The third-order valence-corrected chi connectivity index (χ3v) is 3.22. The molecule has 24 heavy (non-hydrogen) atoms. The number of hydrogen-bond donors (Lipinski definition) is 2. The van der Waals surface area contributed by atoms with Crippen LogP contribution < -0.4 is 10.2 Å². The molecule has 8 nitrogen and oxygen atoms in total. The number of nitrogens with zero attached hydrogens (tertiary/aromatic N) is 2. The van der Waals surface area contributed by atoms with E-state index in [-0.39, 0.29) is 10.6 Å². The highest BCUT2D eigenvalue weighted by Gasteiger charge is 2.17. The van der Waals surface area contributed by atoms with Gasteiger partial charge in [0.15, 0.2) is 0 Å². The number of carbonyl (C=O) groups is 1. The summed E-state index contributed by atoms with van der Waals surface area (Å²) in [6.07, 6.45) is 1.07. The predicted molar refractivity (Wildman–Crippen MR) is 87.8 cm³/mol. The molecule has 0 aliphatic rings. The van der Waals surface area contributed by atoms with Crippen LogP contribution in [0.2, 0.25) is 5.02 Å². The van der Waals surface area contributed by atoms with Crippen molar-refractivity contribution in [2.75, 3.05) is 7.11 Å². The van der Waals surface area contributed by atoms with Crippen LogP contribution in [-0.4, -0.2) is 29.3 Å². The minimum absolute atomic E-state index is 0.00392. The number of aromatic hydroxyl groups is 1. The van der Waals surface area contributed by atoms with Gasteiger partial charge in [0.2, 0.25) is 5.75 Å². The van der Waals surface area contributed by atoms with Gasteiger partial charge in [-0.25, -0.2) is 5.43 Å². The molecule has 2 aromatic carbocycles. The van der Waals surface area contributed by atoms with Crippen molar-refractivity contribution < 1.29 is 19.6 Å². The molecule has 0 aromatic heterocycles. The Kier molecular flexibility index (Phi) is 5.33. The quantitative estimate of drug-likeness (QED) is 0.489. The number of carbonyl (C=O) groups excluding carboxylic acids is 1. The number of rotatable bonds is 5. The van der Waals surface area contributed by atoms with E-state index in [1.807, 2.05) is 0 Å². The number of hydrogen-bond acceptors (Lipinski definition) is 6. The van der Waals surface area contributed by atoms with Crippen LogP contribution in [0.1, 0.15) is 15.9 Å². The van der Waals surface area contributed by atoms with Gasteiger partial charge in [-0.05, 0) is 30.3 Å². The van der Waals surface area contributed by atoms with E-state index in [9.17, 15) is 20.0 Å². The van der Waals surface area contributed by atoms with Gasteiger partial charge in [0.25, 0.3) is 5.91 Å². The monoisotopic (exact) mass is 349 g/mol. The molecule has 0 fully saturated rings. The Hall–Kier alpha value is -3.13. The number of phenolic OH excluding ortho intramolecular Hbond substituents is 1. The van der Waals surface area contributed by atoms with Crippen molar-refractivity contribution in [3.63, 3.8) is 0 Å². The van der Waals surface area contributed by atoms with E-state index in [0.717, 1.165) is 12.3 Å². The van der Waals surface area contributed by atoms with Crippen molar-refractivity contribution in [2.24, 2.45) is 5.10 Å². The number of phenols is 1. The number of methoxy groups -OCH3 is 1. The van der Waals surface area contributed by atoms with Gasteiger partial charge >= 0.3 is 5.69 Å². The number of halogens is 1. The number of nitro groups is 1. The molecule has 2 rings (SSSR count). The van der Waals surface area contributed by atoms with Gasteiger partial charge < -0.3 is 9.84 Å². The number of benzene rings is 2. The summed E-state index contributed by atoms with van der Waals surface area (Å²) < 4.78 is 4.99. The highest BCUT2D eigenvalue weighted by Crippen LogP contribution is 2.32. The summed E-state index contributed by atoms with van der Waals surface area (Å²) >= 11 is 5.76. The van der Waals surface area contributed by atoms with Crippen LogP contribution in [0.15, 0.2) is 41.5 Å². The van der Waals surface area contributed by atoms with Gasteiger partial charge in [-0.2, -0.15) is 5.10 Å². The molecule has 0 saturated heterocycles. The van der Waals surface area contributed by atoms with Crippen molar-refractivity contribution in [3.05, 3.63) is 62.7 Å². The summed E-state index contributed by atoms with van der Waals surface area (Å²) in [5, 5.41) is 24.3.